The molecule has 2 saturated heterocycles. The minimum Gasteiger partial charge on any atom is -0.394 e. The highest BCUT2D eigenvalue weighted by atomic mass is 16.5. The molecule has 3 fully saturated rings. The third-order valence-corrected chi connectivity index (χ3v) is 8.81. The van der Waals surface area contributed by atoms with E-state index in [1.54, 1.807) is 6.20 Å². The fraction of sp³-hybridized carbons (Fsp3) is 0.552. The third kappa shape index (κ3) is 4.73. The van der Waals surface area contributed by atoms with E-state index in [-0.39, 0.29) is 48.4 Å². The van der Waals surface area contributed by atoms with E-state index in [1.807, 2.05) is 35.2 Å². The average Bonchev–Trinajstić information content (AvgIpc) is 3.43. The molecule has 9 nitrogen and oxygen atoms in total. The lowest BCUT2D eigenvalue weighted by Crippen LogP contribution is -2.50. The van der Waals surface area contributed by atoms with Gasteiger partial charge >= 0.3 is 0 Å². The van der Waals surface area contributed by atoms with Crippen LogP contribution in [0.4, 0.5) is 11.5 Å². The molecule has 1 aromatic carbocycles. The molecule has 5 atom stereocenters. The van der Waals surface area contributed by atoms with Gasteiger partial charge in [0, 0.05) is 43.5 Å². The maximum atomic E-state index is 14.1. The Morgan fingerprint density at radius 2 is 1.87 bits per heavy atom. The molecule has 2 aromatic rings. The minimum absolute atomic E-state index is 0.0397. The van der Waals surface area contributed by atoms with Crippen LogP contribution in [-0.2, 0) is 9.53 Å². The summed E-state index contributed by atoms with van der Waals surface area (Å²) in [5, 5.41) is 16.7. The molecule has 0 spiro atoms. The van der Waals surface area contributed by atoms with Crippen molar-refractivity contribution < 1.29 is 19.4 Å². The van der Waals surface area contributed by atoms with E-state index in [4.69, 9.17) is 4.74 Å². The zero-order chi connectivity index (χ0) is 26.1. The lowest BCUT2D eigenvalue weighted by atomic mass is 9.81. The first kappa shape index (κ1) is 25.1. The standard InChI is InChI=1S/C29H37N5O4/c35-18-25-21-11-12-34(27(21)20-5-1-3-7-23(20)31-25)29(37)22-6-2-4-8-24(22)32-28(36)19-9-10-26(30-17-19)33-13-15-38-16-14-33/h1,3,5,7,9-10,17,21-22,24-25,27,31,35H,2,4,6,8,11-16,18H2,(H,32,36)/t21-,22+,24-,25+,27+/m1/s1. The number of rotatable bonds is 5. The van der Waals surface area contributed by atoms with Crippen LogP contribution in [-0.4, -0.2) is 78.3 Å². The number of para-hydroxylation sites is 1. The van der Waals surface area contributed by atoms with Gasteiger partial charge in [0.25, 0.3) is 5.91 Å². The number of carbonyl (C=O) groups excluding carboxylic acids is 2. The zero-order valence-corrected chi connectivity index (χ0v) is 21.7. The Labute approximate surface area is 223 Å². The molecule has 3 N–H and O–H groups in total. The number of aliphatic hydroxyl groups excluding tert-OH is 1. The largest absolute Gasteiger partial charge is 0.394 e. The quantitative estimate of drug-likeness (QED) is 0.558. The number of ether oxygens (including phenoxy) is 1. The van der Waals surface area contributed by atoms with Crippen molar-refractivity contribution in [2.24, 2.45) is 11.8 Å². The molecule has 202 valence electrons. The third-order valence-electron chi connectivity index (χ3n) is 8.81. The Morgan fingerprint density at radius 1 is 1.05 bits per heavy atom. The number of nitrogens with one attached hydrogen (secondary N) is 2. The number of hydrogen-bond acceptors (Lipinski definition) is 7. The number of carbonyl (C=O) groups is 2. The summed E-state index contributed by atoms with van der Waals surface area (Å²) in [5.41, 5.74) is 2.63. The molecule has 2 amide bonds. The van der Waals surface area contributed by atoms with Gasteiger partial charge in [0.1, 0.15) is 5.82 Å². The average molecular weight is 520 g/mol. The maximum Gasteiger partial charge on any atom is 0.253 e. The summed E-state index contributed by atoms with van der Waals surface area (Å²) < 4.78 is 5.41. The van der Waals surface area contributed by atoms with E-state index >= 15 is 0 Å². The fourth-order valence-corrected chi connectivity index (χ4v) is 6.82. The van der Waals surface area contributed by atoms with Crippen LogP contribution in [0.3, 0.4) is 0 Å². The van der Waals surface area contributed by atoms with E-state index in [0.717, 1.165) is 62.3 Å². The van der Waals surface area contributed by atoms with Crippen LogP contribution in [0.25, 0.3) is 0 Å². The molecule has 9 heteroatoms. The highest BCUT2D eigenvalue weighted by Crippen LogP contribution is 2.47. The summed E-state index contributed by atoms with van der Waals surface area (Å²) in [4.78, 5) is 36.0. The smallest absolute Gasteiger partial charge is 0.253 e. The van der Waals surface area contributed by atoms with E-state index in [1.165, 1.54) is 0 Å². The second-order valence-corrected chi connectivity index (χ2v) is 10.9. The number of morpholine rings is 1. The molecule has 0 bridgehead atoms. The molecule has 4 aliphatic rings. The first-order chi connectivity index (χ1) is 18.6. The van der Waals surface area contributed by atoms with Crippen LogP contribution in [0.5, 0.6) is 0 Å². The summed E-state index contributed by atoms with van der Waals surface area (Å²) in [6.07, 6.45) is 6.03. The number of nitrogens with zero attached hydrogens (tertiary/aromatic N) is 3. The van der Waals surface area contributed by atoms with E-state index in [2.05, 4.69) is 26.6 Å². The minimum atomic E-state index is -0.248. The number of aromatic nitrogens is 1. The monoisotopic (exact) mass is 519 g/mol. The number of fused-ring (bicyclic) bond motifs is 3. The molecular weight excluding hydrogens is 482 g/mol. The van der Waals surface area contributed by atoms with Crippen molar-refractivity contribution >= 4 is 23.3 Å². The van der Waals surface area contributed by atoms with Gasteiger partial charge in [-0.1, -0.05) is 31.0 Å². The van der Waals surface area contributed by atoms with Crippen LogP contribution in [0.1, 0.15) is 54.1 Å². The first-order valence-corrected chi connectivity index (χ1v) is 14.0. The molecule has 3 aliphatic heterocycles. The van der Waals surface area contributed by atoms with Crippen molar-refractivity contribution in [2.45, 2.75) is 50.2 Å². The van der Waals surface area contributed by atoms with Gasteiger partial charge in [-0.25, -0.2) is 4.98 Å². The van der Waals surface area contributed by atoms with E-state index in [9.17, 15) is 14.7 Å². The molecule has 1 aromatic heterocycles. The Hall–Kier alpha value is -3.17. The van der Waals surface area contributed by atoms with E-state index in [0.29, 0.717) is 25.3 Å². The van der Waals surface area contributed by atoms with Crippen LogP contribution in [0.15, 0.2) is 42.6 Å². The maximum absolute atomic E-state index is 14.1. The summed E-state index contributed by atoms with van der Waals surface area (Å²) in [7, 11) is 0. The SMILES string of the molecule is O=C(N[C@@H]1CCCC[C@@H]1C(=O)N1CC[C@@H]2[C@H](CO)Nc3ccccc3[C@@H]21)c1ccc(N2CCOCC2)nc1. The van der Waals surface area contributed by atoms with Gasteiger partial charge in [-0.05, 0) is 43.0 Å². The molecule has 4 heterocycles. The predicted molar refractivity (Wildman–Crippen MR) is 144 cm³/mol. The van der Waals surface area contributed by atoms with Crippen LogP contribution in [0, 0.1) is 11.8 Å². The number of likely N-dealkylation sites (tertiary alicyclic amines) is 1. The summed E-state index contributed by atoms with van der Waals surface area (Å²) in [6.45, 7) is 3.66. The van der Waals surface area contributed by atoms with Crippen LogP contribution in [0.2, 0.25) is 0 Å². The number of benzene rings is 1. The zero-order valence-electron chi connectivity index (χ0n) is 21.7. The topological polar surface area (TPSA) is 107 Å². The number of aliphatic hydroxyl groups is 1. The second kappa shape index (κ2) is 10.9. The second-order valence-electron chi connectivity index (χ2n) is 10.9. The van der Waals surface area contributed by atoms with Crippen molar-refractivity contribution in [3.8, 4) is 0 Å². The summed E-state index contributed by atoms with van der Waals surface area (Å²) in [6, 6.07) is 11.5. The molecule has 1 saturated carbocycles. The Balaban J connectivity index is 1.17. The number of anilines is 2. The van der Waals surface area contributed by atoms with Crippen LogP contribution < -0.4 is 15.5 Å². The fourth-order valence-electron chi connectivity index (χ4n) is 6.82. The van der Waals surface area contributed by atoms with Crippen molar-refractivity contribution in [1.82, 2.24) is 15.2 Å². The molecule has 1 aliphatic carbocycles. The van der Waals surface area contributed by atoms with Gasteiger partial charge < -0.3 is 30.3 Å². The Bertz CT molecular complexity index is 1150. The number of amides is 2. The Kier molecular flexibility index (Phi) is 7.21. The van der Waals surface area contributed by atoms with Crippen molar-refractivity contribution in [2.75, 3.05) is 49.7 Å². The van der Waals surface area contributed by atoms with Crippen molar-refractivity contribution in [3.63, 3.8) is 0 Å². The number of pyridine rings is 1. The molecule has 38 heavy (non-hydrogen) atoms. The molecule has 0 unspecified atom stereocenters. The van der Waals surface area contributed by atoms with Gasteiger partial charge in [-0.15, -0.1) is 0 Å². The molecule has 6 rings (SSSR count). The van der Waals surface area contributed by atoms with Gasteiger partial charge in [-0.3, -0.25) is 9.59 Å². The lowest BCUT2D eigenvalue weighted by Gasteiger charge is -2.41. The molecule has 0 radical (unpaired) electrons. The highest BCUT2D eigenvalue weighted by molar-refractivity contribution is 5.94. The summed E-state index contributed by atoms with van der Waals surface area (Å²) >= 11 is 0. The molecular formula is C29H37N5O4. The highest BCUT2D eigenvalue weighted by Gasteiger charge is 2.48. The van der Waals surface area contributed by atoms with Gasteiger partial charge in [0.2, 0.25) is 5.91 Å². The van der Waals surface area contributed by atoms with Gasteiger partial charge in [0.05, 0.1) is 43.4 Å². The van der Waals surface area contributed by atoms with Crippen LogP contribution >= 0.6 is 0 Å². The van der Waals surface area contributed by atoms with Crippen molar-refractivity contribution in [3.05, 3.63) is 53.7 Å². The normalized spacial score (nSPS) is 28.7. The van der Waals surface area contributed by atoms with Crippen molar-refractivity contribution in [1.29, 1.82) is 0 Å². The number of hydrogen-bond donors (Lipinski definition) is 3. The summed E-state index contributed by atoms with van der Waals surface area (Å²) in [5.74, 6) is 0.718. The first-order valence-electron chi connectivity index (χ1n) is 14.0. The predicted octanol–water partition coefficient (Wildman–Crippen LogP) is 2.58. The van der Waals surface area contributed by atoms with Gasteiger partial charge in [-0.2, -0.15) is 0 Å². The lowest BCUT2D eigenvalue weighted by molar-refractivity contribution is -0.139. The van der Waals surface area contributed by atoms with E-state index < -0.39 is 0 Å². The Morgan fingerprint density at radius 3 is 2.66 bits per heavy atom. The van der Waals surface area contributed by atoms with Gasteiger partial charge in [0.15, 0.2) is 0 Å².